The van der Waals surface area contributed by atoms with E-state index >= 15 is 0 Å². The quantitative estimate of drug-likeness (QED) is 0.422. The summed E-state index contributed by atoms with van der Waals surface area (Å²) >= 11 is 2.34. The Morgan fingerprint density at radius 1 is 1.22 bits per heavy atom. The molecular formula is C17H21IN3OP. The van der Waals surface area contributed by atoms with Gasteiger partial charge in [-0.05, 0) is 46.3 Å². The van der Waals surface area contributed by atoms with Gasteiger partial charge in [-0.15, -0.1) is 0 Å². The lowest BCUT2D eigenvalue weighted by molar-refractivity contribution is 0.410. The Labute approximate surface area is 151 Å². The summed E-state index contributed by atoms with van der Waals surface area (Å²) in [6, 6.07) is 14.4. The number of fused-ring (bicyclic) bond motifs is 1. The fraction of sp³-hybridized carbons (Fsp3) is 0.235. The number of benzene rings is 2. The summed E-state index contributed by atoms with van der Waals surface area (Å²) in [6.07, 6.45) is 2.53. The molecule has 0 bridgehead atoms. The van der Waals surface area contributed by atoms with Crippen LogP contribution in [0.4, 0.5) is 5.69 Å². The number of hydrogen-bond acceptors (Lipinski definition) is 3. The van der Waals surface area contributed by atoms with E-state index in [4.69, 9.17) is 4.74 Å². The van der Waals surface area contributed by atoms with Crippen molar-refractivity contribution in [2.45, 2.75) is 20.4 Å². The summed E-state index contributed by atoms with van der Waals surface area (Å²) in [7, 11) is 1.70. The average molecular weight is 441 g/mol. The summed E-state index contributed by atoms with van der Waals surface area (Å²) in [6.45, 7) is 4.73. The van der Waals surface area contributed by atoms with E-state index in [-0.39, 0.29) is 0 Å². The van der Waals surface area contributed by atoms with Crippen molar-refractivity contribution in [1.29, 1.82) is 0 Å². The number of anilines is 1. The zero-order chi connectivity index (χ0) is 16.7. The van der Waals surface area contributed by atoms with Gasteiger partial charge in [-0.25, -0.2) is 4.45 Å². The van der Waals surface area contributed by atoms with Gasteiger partial charge < -0.3 is 10.1 Å². The summed E-state index contributed by atoms with van der Waals surface area (Å²) in [4.78, 5) is 0. The maximum atomic E-state index is 5.37. The molecule has 122 valence electrons. The van der Waals surface area contributed by atoms with E-state index in [1.807, 2.05) is 42.7 Å². The number of aromatic nitrogens is 2. The SMILES string of the molecule is CC.COc1ccccc1CNc1ccc2c(cnn2PI)c1. The zero-order valence-electron chi connectivity index (χ0n) is 13.5. The third-order valence-corrected chi connectivity index (χ3v) is 5.21. The molecule has 0 saturated carbocycles. The van der Waals surface area contributed by atoms with Crippen LogP contribution in [0.15, 0.2) is 48.7 Å². The van der Waals surface area contributed by atoms with Gasteiger partial charge in [-0.3, -0.25) is 0 Å². The second kappa shape index (κ2) is 9.08. The van der Waals surface area contributed by atoms with E-state index in [1.54, 1.807) is 7.11 Å². The van der Waals surface area contributed by atoms with Crippen LogP contribution in [0.2, 0.25) is 0 Å². The normalized spacial score (nSPS) is 10.6. The number of nitrogens with one attached hydrogen (secondary N) is 1. The fourth-order valence-electron chi connectivity index (χ4n) is 2.26. The minimum Gasteiger partial charge on any atom is -0.496 e. The number of halogens is 1. The number of methoxy groups -OCH3 is 1. The van der Waals surface area contributed by atoms with Crippen molar-refractivity contribution < 1.29 is 4.74 Å². The topological polar surface area (TPSA) is 39.1 Å². The second-order valence-corrected chi connectivity index (χ2v) is 6.62. The molecular weight excluding hydrogens is 420 g/mol. The van der Waals surface area contributed by atoms with Crippen molar-refractivity contribution in [2.24, 2.45) is 0 Å². The van der Waals surface area contributed by atoms with E-state index in [1.165, 1.54) is 5.52 Å². The Kier molecular flexibility index (Phi) is 7.12. The molecule has 0 aliphatic rings. The van der Waals surface area contributed by atoms with E-state index in [0.717, 1.165) is 28.9 Å². The van der Waals surface area contributed by atoms with Crippen LogP contribution in [-0.2, 0) is 6.54 Å². The van der Waals surface area contributed by atoms with Gasteiger partial charge in [0.2, 0.25) is 0 Å². The molecule has 3 aromatic rings. The van der Waals surface area contributed by atoms with Gasteiger partial charge in [0.1, 0.15) is 5.75 Å². The third kappa shape index (κ3) is 4.36. The van der Waals surface area contributed by atoms with Gasteiger partial charge in [-0.2, -0.15) is 5.10 Å². The molecule has 2 aromatic carbocycles. The monoisotopic (exact) mass is 441 g/mol. The largest absolute Gasteiger partial charge is 0.496 e. The Balaban J connectivity index is 0.000000924. The number of para-hydroxylation sites is 1. The van der Waals surface area contributed by atoms with Gasteiger partial charge in [-0.1, -0.05) is 32.0 Å². The Morgan fingerprint density at radius 2 is 2.00 bits per heavy atom. The van der Waals surface area contributed by atoms with Crippen LogP contribution in [0, 0.1) is 0 Å². The molecule has 1 unspecified atom stereocenters. The van der Waals surface area contributed by atoms with Crippen molar-refractivity contribution >= 4 is 45.0 Å². The Bertz CT molecular complexity index is 760. The molecule has 4 nitrogen and oxygen atoms in total. The molecule has 0 spiro atoms. The van der Waals surface area contributed by atoms with Crippen LogP contribution < -0.4 is 10.1 Å². The summed E-state index contributed by atoms with van der Waals surface area (Å²) in [5.74, 6) is 0.907. The number of nitrogens with zero attached hydrogens (tertiary/aromatic N) is 2. The lowest BCUT2D eigenvalue weighted by atomic mass is 10.2. The summed E-state index contributed by atoms with van der Waals surface area (Å²) < 4.78 is 7.38. The first-order valence-electron chi connectivity index (χ1n) is 7.52. The van der Waals surface area contributed by atoms with Crippen LogP contribution in [0.3, 0.4) is 0 Å². The molecule has 1 heterocycles. The third-order valence-electron chi connectivity index (χ3n) is 3.32. The highest BCUT2D eigenvalue weighted by Gasteiger charge is 2.04. The van der Waals surface area contributed by atoms with Crippen LogP contribution in [0.1, 0.15) is 19.4 Å². The van der Waals surface area contributed by atoms with Gasteiger partial charge >= 0.3 is 0 Å². The van der Waals surface area contributed by atoms with Gasteiger partial charge in [0.25, 0.3) is 0 Å². The first kappa shape index (κ1) is 18.0. The molecule has 23 heavy (non-hydrogen) atoms. The average Bonchev–Trinajstić information content (AvgIpc) is 3.04. The molecule has 1 N–H and O–H groups in total. The van der Waals surface area contributed by atoms with Crippen LogP contribution >= 0.6 is 28.4 Å². The maximum Gasteiger partial charge on any atom is 0.123 e. The minimum absolute atomic E-state index is 0.620. The van der Waals surface area contributed by atoms with Crippen LogP contribution in [-0.4, -0.2) is 16.7 Å². The van der Waals surface area contributed by atoms with Crippen LogP contribution in [0.5, 0.6) is 5.75 Å². The zero-order valence-corrected chi connectivity index (χ0v) is 16.7. The molecule has 0 fully saturated rings. The maximum absolute atomic E-state index is 5.37. The van der Waals surface area contributed by atoms with Gasteiger partial charge in [0.15, 0.2) is 0 Å². The molecule has 0 radical (unpaired) electrons. The van der Waals surface area contributed by atoms with Crippen molar-refractivity contribution in [2.75, 3.05) is 12.4 Å². The smallest absolute Gasteiger partial charge is 0.123 e. The van der Waals surface area contributed by atoms with E-state index in [9.17, 15) is 0 Å². The van der Waals surface area contributed by atoms with Crippen molar-refractivity contribution in [3.63, 3.8) is 0 Å². The highest BCUT2D eigenvalue weighted by atomic mass is 127. The molecule has 0 saturated heterocycles. The van der Waals surface area contributed by atoms with Crippen molar-refractivity contribution in [1.82, 2.24) is 9.55 Å². The number of ether oxygens (including phenoxy) is 1. The van der Waals surface area contributed by atoms with Gasteiger partial charge in [0, 0.05) is 23.2 Å². The van der Waals surface area contributed by atoms with Crippen LogP contribution in [0.25, 0.3) is 10.9 Å². The Morgan fingerprint density at radius 3 is 2.74 bits per heavy atom. The van der Waals surface area contributed by atoms with E-state index in [0.29, 0.717) is 6.37 Å². The second-order valence-electron chi connectivity index (χ2n) is 4.58. The lowest BCUT2D eigenvalue weighted by Gasteiger charge is -2.10. The molecule has 0 aliphatic carbocycles. The van der Waals surface area contributed by atoms with Crippen molar-refractivity contribution in [3.05, 3.63) is 54.2 Å². The highest BCUT2D eigenvalue weighted by Crippen LogP contribution is 2.29. The predicted octanol–water partition coefficient (Wildman–Crippen LogP) is 5.47. The van der Waals surface area contributed by atoms with Gasteiger partial charge in [0.05, 0.1) is 25.2 Å². The predicted molar refractivity (Wildman–Crippen MR) is 109 cm³/mol. The molecule has 1 aromatic heterocycles. The molecule has 6 heteroatoms. The first-order valence-corrected chi connectivity index (χ1v) is 11.6. The molecule has 0 aliphatic heterocycles. The Hall–Kier alpha value is -1.33. The lowest BCUT2D eigenvalue weighted by Crippen LogP contribution is -2.01. The van der Waals surface area contributed by atoms with Crippen molar-refractivity contribution in [3.8, 4) is 5.75 Å². The van der Waals surface area contributed by atoms with E-state index in [2.05, 4.69) is 56.7 Å². The molecule has 3 rings (SSSR count). The summed E-state index contributed by atoms with van der Waals surface area (Å²) in [5.41, 5.74) is 3.40. The minimum atomic E-state index is 0.620. The summed E-state index contributed by atoms with van der Waals surface area (Å²) in [5, 5.41) is 8.97. The number of rotatable bonds is 5. The molecule has 1 atom stereocenters. The highest BCUT2D eigenvalue weighted by molar-refractivity contribution is 14.2. The fourth-order valence-corrected chi connectivity index (χ4v) is 3.81. The molecule has 0 amide bonds. The number of hydrogen-bond donors (Lipinski definition) is 1. The first-order chi connectivity index (χ1) is 11.3. The standard InChI is InChI=1S/C15H15IN3OP.C2H6/c1-20-15-5-3-2-4-11(15)9-17-13-6-7-14-12(8-13)10-18-19(14)21-16;1-2/h2-8,10,17,21H,9H2,1H3;1-2H3. The van der Waals surface area contributed by atoms with E-state index < -0.39 is 0 Å².